The SMILES string of the molecule is COc1ccc(/C=C\C(=O)NCc2nnnn2-c2ccccc2)cc1OC. The lowest BCUT2D eigenvalue weighted by molar-refractivity contribution is -0.116. The van der Waals surface area contributed by atoms with E-state index in [0.717, 1.165) is 11.3 Å². The molecule has 0 spiro atoms. The molecule has 0 saturated carbocycles. The number of rotatable bonds is 7. The molecular weight excluding hydrogens is 346 g/mol. The molecule has 2 aromatic carbocycles. The van der Waals surface area contributed by atoms with Crippen LogP contribution in [-0.4, -0.2) is 40.3 Å². The van der Waals surface area contributed by atoms with E-state index in [2.05, 4.69) is 20.8 Å². The normalized spacial score (nSPS) is 10.7. The largest absolute Gasteiger partial charge is 0.493 e. The van der Waals surface area contributed by atoms with Gasteiger partial charge in [-0.1, -0.05) is 24.3 Å². The van der Waals surface area contributed by atoms with E-state index in [9.17, 15) is 4.79 Å². The molecule has 0 bridgehead atoms. The van der Waals surface area contributed by atoms with Gasteiger partial charge in [-0.3, -0.25) is 4.79 Å². The smallest absolute Gasteiger partial charge is 0.244 e. The second-order valence-electron chi connectivity index (χ2n) is 5.51. The highest BCUT2D eigenvalue weighted by molar-refractivity contribution is 5.91. The molecule has 1 aromatic heterocycles. The summed E-state index contributed by atoms with van der Waals surface area (Å²) in [6.45, 7) is 0.205. The van der Waals surface area contributed by atoms with Crippen molar-refractivity contribution in [3.63, 3.8) is 0 Å². The van der Waals surface area contributed by atoms with Crippen molar-refractivity contribution < 1.29 is 14.3 Å². The summed E-state index contributed by atoms with van der Waals surface area (Å²) in [7, 11) is 3.14. The van der Waals surface area contributed by atoms with Crippen LogP contribution in [-0.2, 0) is 11.3 Å². The Morgan fingerprint density at radius 3 is 2.63 bits per heavy atom. The summed E-state index contributed by atoms with van der Waals surface area (Å²) in [6.07, 6.45) is 3.13. The Kier molecular flexibility index (Phi) is 5.78. The predicted molar refractivity (Wildman–Crippen MR) is 99.6 cm³/mol. The zero-order valence-electron chi connectivity index (χ0n) is 15.0. The zero-order valence-corrected chi connectivity index (χ0v) is 15.0. The van der Waals surface area contributed by atoms with Gasteiger partial charge in [0.05, 0.1) is 26.5 Å². The topological polar surface area (TPSA) is 91.2 Å². The van der Waals surface area contributed by atoms with Crippen LogP contribution in [0.1, 0.15) is 11.4 Å². The predicted octanol–water partition coefficient (Wildman–Crippen LogP) is 2.01. The van der Waals surface area contributed by atoms with Gasteiger partial charge in [-0.15, -0.1) is 5.10 Å². The molecule has 8 nitrogen and oxygen atoms in total. The fourth-order valence-corrected chi connectivity index (χ4v) is 2.44. The highest BCUT2D eigenvalue weighted by atomic mass is 16.5. The molecule has 0 aliphatic heterocycles. The van der Waals surface area contributed by atoms with Crippen molar-refractivity contribution >= 4 is 12.0 Å². The summed E-state index contributed by atoms with van der Waals surface area (Å²) in [5.41, 5.74) is 1.64. The number of carbonyl (C=O) groups excluding carboxylic acids is 1. The first-order valence-corrected chi connectivity index (χ1v) is 8.22. The van der Waals surface area contributed by atoms with Gasteiger partial charge in [0.25, 0.3) is 0 Å². The maximum absolute atomic E-state index is 12.1. The number of nitrogens with one attached hydrogen (secondary N) is 1. The van der Waals surface area contributed by atoms with E-state index in [4.69, 9.17) is 9.47 Å². The highest BCUT2D eigenvalue weighted by Gasteiger charge is 2.08. The van der Waals surface area contributed by atoms with E-state index in [1.54, 1.807) is 37.1 Å². The third-order valence-electron chi connectivity index (χ3n) is 3.79. The molecule has 0 unspecified atom stereocenters. The first kappa shape index (κ1) is 18.1. The van der Waals surface area contributed by atoms with E-state index in [1.165, 1.54) is 6.08 Å². The third kappa shape index (κ3) is 4.49. The van der Waals surface area contributed by atoms with Crippen LogP contribution in [0.5, 0.6) is 11.5 Å². The number of hydrogen-bond acceptors (Lipinski definition) is 6. The molecule has 0 radical (unpaired) electrons. The molecule has 8 heteroatoms. The molecule has 27 heavy (non-hydrogen) atoms. The van der Waals surface area contributed by atoms with Gasteiger partial charge in [-0.05, 0) is 46.3 Å². The Morgan fingerprint density at radius 1 is 1.11 bits per heavy atom. The number of amides is 1. The number of hydrogen-bond donors (Lipinski definition) is 1. The second kappa shape index (κ2) is 8.61. The average Bonchev–Trinajstić information content (AvgIpc) is 3.19. The minimum atomic E-state index is -0.257. The van der Waals surface area contributed by atoms with Crippen LogP contribution < -0.4 is 14.8 Å². The molecule has 138 valence electrons. The molecular formula is C19H19N5O3. The van der Waals surface area contributed by atoms with Crippen LogP contribution in [0.15, 0.2) is 54.6 Å². The first-order valence-electron chi connectivity index (χ1n) is 8.22. The minimum Gasteiger partial charge on any atom is -0.493 e. The van der Waals surface area contributed by atoms with Gasteiger partial charge in [0.2, 0.25) is 5.91 Å². The van der Waals surface area contributed by atoms with Gasteiger partial charge in [0, 0.05) is 6.08 Å². The monoisotopic (exact) mass is 365 g/mol. The maximum atomic E-state index is 12.1. The van der Waals surface area contributed by atoms with Gasteiger partial charge in [0.1, 0.15) is 0 Å². The van der Waals surface area contributed by atoms with Crippen LogP contribution in [0.2, 0.25) is 0 Å². The van der Waals surface area contributed by atoms with E-state index < -0.39 is 0 Å². The van der Waals surface area contributed by atoms with Gasteiger partial charge >= 0.3 is 0 Å². The van der Waals surface area contributed by atoms with E-state index in [-0.39, 0.29) is 12.5 Å². The van der Waals surface area contributed by atoms with Crippen LogP contribution >= 0.6 is 0 Å². The van der Waals surface area contributed by atoms with Crippen molar-refractivity contribution in [2.24, 2.45) is 0 Å². The van der Waals surface area contributed by atoms with E-state index in [1.807, 2.05) is 36.4 Å². The van der Waals surface area contributed by atoms with Crippen LogP contribution in [0.3, 0.4) is 0 Å². The average molecular weight is 365 g/mol. The minimum absolute atomic E-state index is 0.205. The van der Waals surface area contributed by atoms with Crippen molar-refractivity contribution in [2.75, 3.05) is 14.2 Å². The van der Waals surface area contributed by atoms with Crippen molar-refractivity contribution in [3.8, 4) is 17.2 Å². The molecule has 1 heterocycles. The van der Waals surface area contributed by atoms with Crippen molar-refractivity contribution in [1.82, 2.24) is 25.5 Å². The lowest BCUT2D eigenvalue weighted by atomic mass is 10.2. The summed E-state index contributed by atoms with van der Waals surface area (Å²) in [5, 5.41) is 14.4. The second-order valence-corrected chi connectivity index (χ2v) is 5.51. The number of tetrazole rings is 1. The zero-order chi connectivity index (χ0) is 19.1. The van der Waals surface area contributed by atoms with E-state index >= 15 is 0 Å². The molecule has 0 atom stereocenters. The number of aromatic nitrogens is 4. The summed E-state index contributed by atoms with van der Waals surface area (Å²) in [6, 6.07) is 14.9. The van der Waals surface area contributed by atoms with Crippen molar-refractivity contribution in [1.29, 1.82) is 0 Å². The Balaban J connectivity index is 1.63. The summed E-state index contributed by atoms with van der Waals surface area (Å²) in [4.78, 5) is 12.1. The fourth-order valence-electron chi connectivity index (χ4n) is 2.44. The summed E-state index contributed by atoms with van der Waals surface area (Å²) >= 11 is 0. The third-order valence-corrected chi connectivity index (χ3v) is 3.79. The van der Waals surface area contributed by atoms with Gasteiger partial charge in [-0.25, -0.2) is 0 Å². The first-order chi connectivity index (χ1) is 13.2. The molecule has 0 fully saturated rings. The number of nitrogens with zero attached hydrogens (tertiary/aromatic N) is 4. The van der Waals surface area contributed by atoms with Crippen molar-refractivity contribution in [2.45, 2.75) is 6.54 Å². The molecule has 0 aliphatic carbocycles. The Bertz CT molecular complexity index is 938. The quantitative estimate of drug-likeness (QED) is 0.644. The number of benzene rings is 2. The fraction of sp³-hybridized carbons (Fsp3) is 0.158. The lowest BCUT2D eigenvalue weighted by Gasteiger charge is -2.07. The maximum Gasteiger partial charge on any atom is 0.244 e. The summed E-state index contributed by atoms with van der Waals surface area (Å²) in [5.74, 6) is 1.51. The molecule has 3 rings (SSSR count). The van der Waals surface area contributed by atoms with Gasteiger partial charge < -0.3 is 14.8 Å². The highest BCUT2D eigenvalue weighted by Crippen LogP contribution is 2.27. The Hall–Kier alpha value is -3.68. The van der Waals surface area contributed by atoms with Gasteiger partial charge in [-0.2, -0.15) is 4.68 Å². The summed E-state index contributed by atoms with van der Waals surface area (Å²) < 4.78 is 12.0. The van der Waals surface area contributed by atoms with Crippen LogP contribution in [0.4, 0.5) is 0 Å². The van der Waals surface area contributed by atoms with Crippen LogP contribution in [0, 0.1) is 0 Å². The number of ether oxygens (including phenoxy) is 2. The Morgan fingerprint density at radius 2 is 1.89 bits per heavy atom. The van der Waals surface area contributed by atoms with Gasteiger partial charge in [0.15, 0.2) is 17.3 Å². The van der Waals surface area contributed by atoms with E-state index in [0.29, 0.717) is 17.3 Å². The number of methoxy groups -OCH3 is 2. The molecule has 1 amide bonds. The number of para-hydroxylation sites is 1. The standard InChI is InChI=1S/C19H19N5O3/c1-26-16-10-8-14(12-17(16)27-2)9-11-19(25)20-13-18-21-22-23-24(18)15-6-4-3-5-7-15/h3-12H,13H2,1-2H3,(H,20,25)/b11-9-. The van der Waals surface area contributed by atoms with Crippen LogP contribution in [0.25, 0.3) is 11.8 Å². The lowest BCUT2D eigenvalue weighted by Crippen LogP contribution is -2.22. The van der Waals surface area contributed by atoms with Crippen molar-refractivity contribution in [3.05, 3.63) is 66.0 Å². The molecule has 3 aromatic rings. The molecule has 1 N–H and O–H groups in total. The number of carbonyl (C=O) groups is 1. The molecule has 0 saturated heterocycles. The Labute approximate surface area is 156 Å². The molecule has 0 aliphatic rings.